The number of hydrogen-bond acceptors (Lipinski definition) is 20. The molecule has 1 aromatic carbocycles. The van der Waals surface area contributed by atoms with Gasteiger partial charge in [-0.05, 0) is 175 Å². The second-order valence-electron chi connectivity index (χ2n) is 25.8. The van der Waals surface area contributed by atoms with Crippen molar-refractivity contribution in [2.75, 3.05) is 96.5 Å². The molecule has 24 heteroatoms. The first kappa shape index (κ1) is 69.4. The zero-order valence-corrected chi connectivity index (χ0v) is 56.0. The lowest BCUT2D eigenvalue weighted by molar-refractivity contribution is -0.148. The minimum Gasteiger partial charge on any atom is -0.481 e. The Morgan fingerprint density at radius 3 is 1.31 bits per heavy atom. The highest BCUT2D eigenvalue weighted by Crippen LogP contribution is 2.49. The number of ether oxygens (including phenoxy) is 4. The maximum atomic E-state index is 12.2. The Morgan fingerprint density at radius 1 is 0.558 bits per heavy atom. The van der Waals surface area contributed by atoms with Gasteiger partial charge in [-0.3, -0.25) is 14.4 Å². The smallest absolute Gasteiger partial charge is 0.316 e. The second kappa shape index (κ2) is 31.9. The molecule has 6 N–H and O–H groups in total. The zero-order chi connectivity index (χ0) is 67.1. The number of carbonyl (C=O) groups is 3. The molecule has 506 valence electrons. The molecule has 12 rings (SSSR count). The Morgan fingerprint density at radius 2 is 0.958 bits per heavy atom. The summed E-state index contributed by atoms with van der Waals surface area (Å²) in [5, 5.41) is 49.7. The van der Waals surface area contributed by atoms with Crippen LogP contribution in [0.4, 0.5) is 51.7 Å². The van der Waals surface area contributed by atoms with Crippen LogP contribution in [0, 0.1) is 17.2 Å². The number of nitriles is 1. The molecule has 23 nitrogen and oxygen atoms in total. The van der Waals surface area contributed by atoms with Crippen molar-refractivity contribution in [3.63, 3.8) is 0 Å². The third-order valence-corrected chi connectivity index (χ3v) is 19.8. The quantitative estimate of drug-likeness (QED) is 0.0328. The molecule has 6 aromatic rings. The lowest BCUT2D eigenvalue weighted by atomic mass is 9.65. The molecule has 0 radical (unpaired) electrons. The average Bonchev–Trinajstić information content (AvgIpc) is 0.772. The van der Waals surface area contributed by atoms with E-state index in [2.05, 4.69) is 79.4 Å². The van der Waals surface area contributed by atoms with Crippen LogP contribution in [0.15, 0.2) is 91.8 Å². The molecule has 3 saturated carbocycles. The highest BCUT2D eigenvalue weighted by atomic mass is 35.5. The number of aliphatic carboxylic acids is 3. The molecule has 0 spiro atoms. The van der Waals surface area contributed by atoms with E-state index in [1.54, 1.807) is 43.1 Å². The first-order chi connectivity index (χ1) is 46.0. The molecule has 6 fully saturated rings. The summed E-state index contributed by atoms with van der Waals surface area (Å²) in [6.45, 7) is 17.8. The number of carboxylic acid groups (broad SMARTS) is 3. The molecule has 0 atom stereocenters. The molecule has 95 heavy (non-hydrogen) atoms. The molecule has 3 aliphatic carbocycles. The maximum Gasteiger partial charge on any atom is 0.316 e. The molecule has 0 unspecified atom stereocenters. The van der Waals surface area contributed by atoms with Crippen LogP contribution in [0.5, 0.6) is 6.01 Å². The van der Waals surface area contributed by atoms with Crippen LogP contribution in [0.1, 0.15) is 153 Å². The van der Waals surface area contributed by atoms with Crippen molar-refractivity contribution < 1.29 is 48.7 Å². The summed E-state index contributed by atoms with van der Waals surface area (Å²) in [5.74, 6) is 1.12. The van der Waals surface area contributed by atoms with Crippen molar-refractivity contribution in [1.29, 1.82) is 5.26 Å². The minimum atomic E-state index is -0.865. The summed E-state index contributed by atoms with van der Waals surface area (Å²) in [7, 11) is 0. The van der Waals surface area contributed by atoms with Crippen LogP contribution in [0.25, 0.3) is 0 Å². The van der Waals surface area contributed by atoms with Crippen molar-refractivity contribution in [2.24, 2.45) is 5.92 Å². The van der Waals surface area contributed by atoms with Gasteiger partial charge in [-0.2, -0.15) is 5.26 Å². The van der Waals surface area contributed by atoms with E-state index in [0.29, 0.717) is 103 Å². The van der Waals surface area contributed by atoms with Gasteiger partial charge >= 0.3 is 23.9 Å². The predicted molar refractivity (Wildman–Crippen MR) is 365 cm³/mol. The number of aromatic nitrogens is 6. The standard InChI is InChI=1S/C25H35N5O4.C23H28ClN3O3.C23H27N5O3/c1-4-34-24-27-14-19(15-28-24)29-21-12-18(25(23(31)32)8-5-9-25)13-26-22(21)30(16-17(2)3)20-6-10-33-11-7-20;1-2-27(19-8-12-30-13-9-19)21-20(26-18-6-4-17(24)5-7-18)14-16(15-25-21)23(22(28)29)10-3-11-23;1-2-28(18-6-10-31-11-7-18)21-19(27-20-5-4-16(13-24)14-25-20)12-17(15-26-21)23(22(29)30)8-3-9-23/h12-15,17,20,29H,4-11,16H2,1-3H3,(H,31,32);4-7,14-15,19,26H,2-3,8-13H2,1H3,(H,28,29);4-5,12,14-15,18H,2-3,6-11H2,1H3,(H,25,27)(H,29,30). The van der Waals surface area contributed by atoms with Gasteiger partial charge < -0.3 is 64.9 Å². The molecule has 0 amide bonds. The van der Waals surface area contributed by atoms with E-state index in [4.69, 9.17) is 50.8 Å². The van der Waals surface area contributed by atoms with E-state index in [-0.39, 0.29) is 0 Å². The van der Waals surface area contributed by atoms with Crippen LogP contribution in [0.3, 0.4) is 0 Å². The van der Waals surface area contributed by atoms with Crippen LogP contribution in [-0.2, 0) is 44.8 Å². The van der Waals surface area contributed by atoms with E-state index in [1.807, 2.05) is 49.4 Å². The average molecular weight is 1320 g/mol. The van der Waals surface area contributed by atoms with Crippen LogP contribution in [-0.4, -0.2) is 147 Å². The summed E-state index contributed by atoms with van der Waals surface area (Å²) in [5.41, 5.74) is 4.07. The number of hydrogen-bond donors (Lipinski definition) is 6. The van der Waals surface area contributed by atoms with E-state index in [9.17, 15) is 29.7 Å². The number of halogens is 1. The van der Waals surface area contributed by atoms with E-state index >= 15 is 0 Å². The van der Waals surface area contributed by atoms with Crippen LogP contribution in [0.2, 0.25) is 5.02 Å². The first-order valence-electron chi connectivity index (χ1n) is 33.7. The molecular weight excluding hydrogens is 1230 g/mol. The van der Waals surface area contributed by atoms with Gasteiger partial charge in [0.15, 0.2) is 17.5 Å². The maximum absolute atomic E-state index is 12.2. The monoisotopic (exact) mass is 1320 g/mol. The fourth-order valence-electron chi connectivity index (χ4n) is 13.6. The number of anilines is 9. The lowest BCUT2D eigenvalue weighted by Gasteiger charge is -2.40. The van der Waals surface area contributed by atoms with Gasteiger partial charge in [0.1, 0.15) is 11.9 Å². The number of pyridine rings is 4. The zero-order valence-electron chi connectivity index (χ0n) is 55.2. The number of nitrogens with zero attached hydrogens (tertiary/aromatic N) is 10. The van der Waals surface area contributed by atoms with Gasteiger partial charge in [0.05, 0.1) is 63.6 Å². The number of benzene rings is 1. The second-order valence-corrected chi connectivity index (χ2v) is 26.2. The van der Waals surface area contributed by atoms with Crippen molar-refractivity contribution in [3.05, 3.63) is 119 Å². The Kier molecular flexibility index (Phi) is 23.3. The van der Waals surface area contributed by atoms with E-state index in [0.717, 1.165) is 168 Å². The molecule has 3 aliphatic heterocycles. The number of carboxylic acids is 3. The summed E-state index contributed by atoms with van der Waals surface area (Å²) in [6.07, 6.45) is 22.3. The van der Waals surface area contributed by atoms with Gasteiger partial charge in [0, 0.05) is 113 Å². The Labute approximate surface area is 561 Å². The molecule has 0 bridgehead atoms. The fourth-order valence-corrected chi connectivity index (χ4v) is 13.8. The van der Waals surface area contributed by atoms with Gasteiger partial charge in [-0.1, -0.05) is 44.7 Å². The van der Waals surface area contributed by atoms with Crippen molar-refractivity contribution in [1.82, 2.24) is 29.9 Å². The van der Waals surface area contributed by atoms with Gasteiger partial charge in [0.2, 0.25) is 0 Å². The predicted octanol–water partition coefficient (Wildman–Crippen LogP) is 12.8. The largest absolute Gasteiger partial charge is 0.481 e. The fraction of sp³-hybridized carbons (Fsp3) is 0.521. The molecule has 5 aromatic heterocycles. The summed E-state index contributed by atoms with van der Waals surface area (Å²) >= 11 is 6.04. The van der Waals surface area contributed by atoms with E-state index in [1.165, 1.54) is 6.20 Å². The summed E-state index contributed by atoms with van der Waals surface area (Å²) in [4.78, 5) is 70.5. The number of rotatable bonds is 24. The Hall–Kier alpha value is -8.43. The molecule has 3 saturated heterocycles. The lowest BCUT2D eigenvalue weighted by Crippen LogP contribution is -2.44. The third kappa shape index (κ3) is 15.9. The van der Waals surface area contributed by atoms with Crippen molar-refractivity contribution in [3.8, 4) is 12.1 Å². The van der Waals surface area contributed by atoms with Gasteiger partial charge in [-0.25, -0.2) is 29.9 Å². The molecule has 6 aliphatic rings. The SMILES string of the molecule is CCN(c1ncc(C2(C(=O)O)CCC2)cc1Nc1ccc(C#N)cn1)C1CCOCC1.CCN(c1ncc(C2(C(=O)O)CCC2)cc1Nc1ccc(Cl)cc1)C1CCOCC1.CCOc1ncc(Nc2cc(C3(C(=O)O)CCC3)cnc2N(CC(C)C)C2CCOCC2)cn1. The van der Waals surface area contributed by atoms with Crippen molar-refractivity contribution >= 4 is 81.2 Å². The Balaban J connectivity index is 0.000000156. The van der Waals surface area contributed by atoms with Crippen molar-refractivity contribution in [2.45, 2.75) is 165 Å². The third-order valence-electron chi connectivity index (χ3n) is 19.5. The van der Waals surface area contributed by atoms with E-state index < -0.39 is 34.2 Å². The number of nitrogens with one attached hydrogen (secondary N) is 3. The van der Waals surface area contributed by atoms with Crippen LogP contribution < -0.4 is 35.4 Å². The molecular formula is C71H90ClN13O10. The first-order valence-corrected chi connectivity index (χ1v) is 34.0. The minimum absolute atomic E-state index is 0.309. The summed E-state index contributed by atoms with van der Waals surface area (Å²) in [6, 6.07) is 20.2. The van der Waals surface area contributed by atoms with Crippen LogP contribution >= 0.6 is 11.6 Å². The Bertz CT molecular complexity index is 3590. The van der Waals surface area contributed by atoms with Gasteiger partial charge in [0.25, 0.3) is 0 Å². The highest BCUT2D eigenvalue weighted by Gasteiger charge is 2.49. The molecule has 8 heterocycles. The van der Waals surface area contributed by atoms with Gasteiger partial charge in [-0.15, -0.1) is 0 Å². The topological polar surface area (TPSA) is 296 Å². The highest BCUT2D eigenvalue weighted by molar-refractivity contribution is 6.30. The summed E-state index contributed by atoms with van der Waals surface area (Å²) < 4.78 is 22.0. The normalized spacial score (nSPS) is 18.0.